The Morgan fingerprint density at radius 2 is 1.60 bits per heavy atom. The Hall–Kier alpha value is -0.120. The second-order valence-electron chi connectivity index (χ2n) is 2.46. The molecule has 0 N–H and O–H groups in total. The largest absolute Gasteiger partial charge is 0.772 e. The monoisotopic (exact) mass is 145 g/mol. The summed E-state index contributed by atoms with van der Waals surface area (Å²) in [7, 11) is 1.83. The van der Waals surface area contributed by atoms with Crippen LogP contribution < -0.4 is 0 Å². The molecular formula is C7H17N2O-. The summed E-state index contributed by atoms with van der Waals surface area (Å²) < 4.78 is 0. The van der Waals surface area contributed by atoms with E-state index in [1.807, 2.05) is 14.0 Å². The minimum absolute atomic E-state index is 0.608. The molecule has 0 aliphatic carbocycles. The molecule has 0 aromatic carbocycles. The van der Waals surface area contributed by atoms with Gasteiger partial charge in [-0.05, 0) is 19.4 Å². The predicted octanol–water partition coefficient (Wildman–Crippen LogP) is 1.45. The maximum atomic E-state index is 11.0. The Morgan fingerprint density at radius 3 is 2.00 bits per heavy atom. The van der Waals surface area contributed by atoms with Crippen molar-refractivity contribution in [2.45, 2.75) is 26.7 Å². The molecule has 62 valence electrons. The fourth-order valence-corrected chi connectivity index (χ4v) is 0.797. The second-order valence-corrected chi connectivity index (χ2v) is 2.46. The van der Waals surface area contributed by atoms with Gasteiger partial charge in [0.2, 0.25) is 0 Å². The van der Waals surface area contributed by atoms with Crippen molar-refractivity contribution >= 4 is 0 Å². The van der Waals surface area contributed by atoms with Crippen LogP contribution in [0.1, 0.15) is 26.7 Å². The van der Waals surface area contributed by atoms with E-state index >= 15 is 0 Å². The van der Waals surface area contributed by atoms with Gasteiger partial charge in [0.15, 0.2) is 0 Å². The first-order valence-corrected chi connectivity index (χ1v) is 3.88. The van der Waals surface area contributed by atoms with E-state index < -0.39 is 0 Å². The highest BCUT2D eigenvalue weighted by Gasteiger charge is 1.95. The third-order valence-electron chi connectivity index (χ3n) is 1.34. The van der Waals surface area contributed by atoms with Crippen molar-refractivity contribution < 1.29 is 0 Å². The topological polar surface area (TPSA) is 29.5 Å². The molecule has 0 aliphatic heterocycles. The van der Waals surface area contributed by atoms with Crippen molar-refractivity contribution in [2.24, 2.45) is 0 Å². The van der Waals surface area contributed by atoms with Crippen LogP contribution in [-0.2, 0) is 0 Å². The lowest BCUT2D eigenvalue weighted by Gasteiger charge is -2.36. The van der Waals surface area contributed by atoms with Crippen LogP contribution in [0.5, 0.6) is 0 Å². The summed E-state index contributed by atoms with van der Waals surface area (Å²) in [5.74, 6) is 0. The predicted molar refractivity (Wildman–Crippen MR) is 43.3 cm³/mol. The molecule has 0 heterocycles. The van der Waals surface area contributed by atoms with Crippen molar-refractivity contribution in [1.82, 2.24) is 10.2 Å². The summed E-state index contributed by atoms with van der Waals surface area (Å²) in [5.41, 5.74) is 0. The first-order chi connectivity index (χ1) is 4.72. The van der Waals surface area contributed by atoms with Crippen LogP contribution in [0.3, 0.4) is 0 Å². The van der Waals surface area contributed by atoms with E-state index in [4.69, 9.17) is 0 Å². The van der Waals surface area contributed by atoms with Crippen molar-refractivity contribution in [2.75, 3.05) is 20.1 Å². The van der Waals surface area contributed by atoms with Gasteiger partial charge in [0.1, 0.15) is 0 Å². The minimum atomic E-state index is 0.608. The quantitative estimate of drug-likeness (QED) is 0.548. The molecule has 0 radical (unpaired) electrons. The van der Waals surface area contributed by atoms with Crippen LogP contribution in [-0.4, -0.2) is 30.3 Å². The average Bonchev–Trinajstić information content (AvgIpc) is 1.89. The van der Waals surface area contributed by atoms with E-state index in [-0.39, 0.29) is 0 Å². The van der Waals surface area contributed by atoms with Gasteiger partial charge in [-0.25, -0.2) is 0 Å². The van der Waals surface area contributed by atoms with Crippen molar-refractivity contribution in [3.8, 4) is 0 Å². The first-order valence-electron chi connectivity index (χ1n) is 3.88. The fraction of sp³-hybridized carbons (Fsp3) is 1.00. The van der Waals surface area contributed by atoms with E-state index in [1.165, 1.54) is 0 Å². The number of hydrogen-bond donors (Lipinski definition) is 0. The molecule has 0 spiro atoms. The van der Waals surface area contributed by atoms with Gasteiger partial charge in [0.05, 0.1) is 0 Å². The van der Waals surface area contributed by atoms with Crippen molar-refractivity contribution in [3.05, 3.63) is 5.21 Å². The number of hydrazine groups is 1. The van der Waals surface area contributed by atoms with E-state index in [9.17, 15) is 5.21 Å². The van der Waals surface area contributed by atoms with Crippen molar-refractivity contribution in [3.63, 3.8) is 0 Å². The highest BCUT2D eigenvalue weighted by molar-refractivity contribution is 4.51. The molecule has 0 unspecified atom stereocenters. The van der Waals surface area contributed by atoms with Crippen LogP contribution in [0.25, 0.3) is 0 Å². The van der Waals surface area contributed by atoms with Gasteiger partial charge in [0.25, 0.3) is 0 Å². The standard InChI is InChI=1S/C7H17N2O/c1-4-6-8(3)9(10)7-5-2/h4-7H2,1-3H3/q-1. The fourth-order valence-electron chi connectivity index (χ4n) is 0.797. The SMILES string of the molecule is CCCN(C)N([O-])CCC. The Kier molecular flexibility index (Phi) is 5.58. The van der Waals surface area contributed by atoms with Crippen LogP contribution in [0, 0.1) is 5.21 Å². The normalized spacial score (nSPS) is 11.4. The highest BCUT2D eigenvalue weighted by Crippen LogP contribution is 1.94. The van der Waals surface area contributed by atoms with Gasteiger partial charge in [-0.2, -0.15) is 0 Å². The van der Waals surface area contributed by atoms with E-state index in [0.29, 0.717) is 6.54 Å². The summed E-state index contributed by atoms with van der Waals surface area (Å²) in [6.45, 7) is 5.53. The summed E-state index contributed by atoms with van der Waals surface area (Å²) in [4.78, 5) is 0. The molecule has 0 bridgehead atoms. The summed E-state index contributed by atoms with van der Waals surface area (Å²) in [5, 5.41) is 13.7. The van der Waals surface area contributed by atoms with Crippen LogP contribution >= 0.6 is 0 Å². The molecule has 3 heteroatoms. The lowest BCUT2D eigenvalue weighted by Crippen LogP contribution is -2.36. The lowest BCUT2D eigenvalue weighted by molar-refractivity contribution is 0.0518. The summed E-state index contributed by atoms with van der Waals surface area (Å²) in [6.07, 6.45) is 1.94. The third-order valence-corrected chi connectivity index (χ3v) is 1.34. The Bertz CT molecular complexity index is 68.0. The van der Waals surface area contributed by atoms with E-state index in [1.54, 1.807) is 5.01 Å². The molecule has 0 aromatic rings. The van der Waals surface area contributed by atoms with Crippen LogP contribution in [0.15, 0.2) is 0 Å². The minimum Gasteiger partial charge on any atom is -0.772 e. The average molecular weight is 145 g/mol. The summed E-state index contributed by atoms with van der Waals surface area (Å²) in [6, 6.07) is 0. The van der Waals surface area contributed by atoms with Gasteiger partial charge in [-0.1, -0.05) is 13.8 Å². The molecule has 0 saturated heterocycles. The highest BCUT2D eigenvalue weighted by atomic mass is 16.5. The summed E-state index contributed by atoms with van der Waals surface area (Å²) >= 11 is 0. The number of hydroxylamine groups is 1. The molecule has 0 fully saturated rings. The van der Waals surface area contributed by atoms with Gasteiger partial charge in [-0.3, -0.25) is 5.01 Å². The Labute approximate surface area is 63.2 Å². The number of hydrogen-bond acceptors (Lipinski definition) is 3. The van der Waals surface area contributed by atoms with E-state index in [2.05, 4.69) is 6.92 Å². The maximum Gasteiger partial charge on any atom is 0.0117 e. The molecule has 0 saturated carbocycles. The second kappa shape index (κ2) is 5.65. The van der Waals surface area contributed by atoms with Gasteiger partial charge in [0, 0.05) is 13.6 Å². The molecule has 0 aliphatic rings. The molecule has 3 nitrogen and oxygen atoms in total. The maximum absolute atomic E-state index is 11.0. The van der Waals surface area contributed by atoms with Crippen molar-refractivity contribution in [1.29, 1.82) is 0 Å². The number of nitrogens with zero attached hydrogens (tertiary/aromatic N) is 2. The van der Waals surface area contributed by atoms with Crippen LogP contribution in [0.2, 0.25) is 0 Å². The molecule has 0 atom stereocenters. The Balaban J connectivity index is 3.38. The lowest BCUT2D eigenvalue weighted by atomic mass is 10.5. The van der Waals surface area contributed by atoms with Gasteiger partial charge < -0.3 is 10.4 Å². The first kappa shape index (κ1) is 9.88. The smallest absolute Gasteiger partial charge is 0.0117 e. The third kappa shape index (κ3) is 3.82. The zero-order valence-corrected chi connectivity index (χ0v) is 7.13. The molecule has 10 heavy (non-hydrogen) atoms. The van der Waals surface area contributed by atoms with Gasteiger partial charge in [-0.15, -0.1) is 0 Å². The zero-order chi connectivity index (χ0) is 7.98. The van der Waals surface area contributed by atoms with E-state index in [0.717, 1.165) is 24.6 Å². The molecule has 0 aromatic heterocycles. The Morgan fingerprint density at radius 1 is 1.10 bits per heavy atom. The molecule has 0 rings (SSSR count). The zero-order valence-electron chi connectivity index (χ0n) is 7.13. The molecular weight excluding hydrogens is 128 g/mol. The number of rotatable bonds is 5. The van der Waals surface area contributed by atoms with Crippen LogP contribution in [0.4, 0.5) is 0 Å². The molecule has 0 amide bonds. The van der Waals surface area contributed by atoms with Gasteiger partial charge >= 0.3 is 0 Å².